The van der Waals surface area contributed by atoms with Gasteiger partial charge in [-0.15, -0.1) is 0 Å². The van der Waals surface area contributed by atoms with E-state index in [1.807, 2.05) is 55.5 Å². The summed E-state index contributed by atoms with van der Waals surface area (Å²) in [4.78, 5) is 30.4. The van der Waals surface area contributed by atoms with Crippen molar-refractivity contribution in [3.05, 3.63) is 60.2 Å². The molecule has 0 bridgehead atoms. The number of rotatable bonds is 3. The molecule has 24 heavy (non-hydrogen) atoms. The molecule has 0 unspecified atom stereocenters. The number of carbonyl (C=O) groups is 2. The average Bonchev–Trinajstić information content (AvgIpc) is 2.82. The third kappa shape index (κ3) is 3.49. The van der Waals surface area contributed by atoms with E-state index in [2.05, 4.69) is 4.99 Å². The fourth-order valence-electron chi connectivity index (χ4n) is 2.54. The second-order valence-corrected chi connectivity index (χ2v) is 6.73. The van der Waals surface area contributed by atoms with Crippen molar-refractivity contribution in [1.82, 2.24) is 0 Å². The van der Waals surface area contributed by atoms with Crippen LogP contribution in [0.2, 0.25) is 0 Å². The van der Waals surface area contributed by atoms with Gasteiger partial charge in [-0.2, -0.15) is 0 Å². The maximum absolute atomic E-state index is 12.6. The van der Waals surface area contributed by atoms with Gasteiger partial charge in [-0.25, -0.2) is 9.89 Å². The van der Waals surface area contributed by atoms with E-state index in [1.165, 1.54) is 4.90 Å². The quantitative estimate of drug-likeness (QED) is 0.530. The molecule has 0 radical (unpaired) electrons. The first-order chi connectivity index (χ1) is 11.5. The summed E-state index contributed by atoms with van der Waals surface area (Å²) in [5.74, 6) is -0.461. The molecule has 1 saturated heterocycles. The smallest absolute Gasteiger partial charge is 0.247 e. The number of hydrogen-bond donors (Lipinski definition) is 1. The molecule has 2 amide bonds. The van der Waals surface area contributed by atoms with Crippen LogP contribution in [0.1, 0.15) is 12.0 Å². The van der Waals surface area contributed by atoms with Crippen LogP contribution in [0.4, 0.5) is 11.4 Å². The molecule has 2 aromatic carbocycles. The minimum absolute atomic E-state index is 0.127. The Balaban J connectivity index is 1.76. The summed E-state index contributed by atoms with van der Waals surface area (Å²) in [5.41, 5.74) is 8.25. The molecule has 1 atom stereocenters. The van der Waals surface area contributed by atoms with Gasteiger partial charge in [-0.3, -0.25) is 9.59 Å². The summed E-state index contributed by atoms with van der Waals surface area (Å²) >= 11 is 1.13. The molecule has 122 valence electrons. The zero-order chi connectivity index (χ0) is 17.1. The number of nitrogens with two attached hydrogens (primary N) is 1. The van der Waals surface area contributed by atoms with E-state index in [0.29, 0.717) is 5.69 Å². The van der Waals surface area contributed by atoms with Gasteiger partial charge in [0.05, 0.1) is 11.4 Å². The van der Waals surface area contributed by atoms with Crippen molar-refractivity contribution >= 4 is 40.1 Å². The molecule has 2 aromatic rings. The summed E-state index contributed by atoms with van der Waals surface area (Å²) in [6.07, 6.45) is 0.127. The van der Waals surface area contributed by atoms with Crippen LogP contribution >= 0.6 is 11.8 Å². The van der Waals surface area contributed by atoms with E-state index in [9.17, 15) is 9.59 Å². The van der Waals surface area contributed by atoms with Crippen LogP contribution in [0, 0.1) is 6.92 Å². The Morgan fingerprint density at radius 2 is 1.92 bits per heavy atom. The summed E-state index contributed by atoms with van der Waals surface area (Å²) < 4.78 is 0. The average molecular weight is 339 g/mol. The number of benzene rings is 2. The number of amides is 2. The zero-order valence-electron chi connectivity index (χ0n) is 13.2. The Morgan fingerprint density at radius 3 is 2.62 bits per heavy atom. The van der Waals surface area contributed by atoms with E-state index in [0.717, 1.165) is 23.0 Å². The van der Waals surface area contributed by atoms with Crippen LogP contribution in [0.5, 0.6) is 0 Å². The molecule has 1 aliphatic heterocycles. The predicted molar refractivity (Wildman–Crippen MR) is 97.4 cm³/mol. The standard InChI is InChI=1S/C18H17N3O2S/c1-12-6-5-9-14(10-12)21-16(22)11-15(17(21)23)24-18(19)20-13-7-3-2-4-8-13/h2-10,15H,11H2,1H3,(H2,19,20)/t15-/m0/s1. The van der Waals surface area contributed by atoms with Crippen LogP contribution in [0.25, 0.3) is 0 Å². The Morgan fingerprint density at radius 1 is 1.17 bits per heavy atom. The molecule has 2 N–H and O–H groups in total. The van der Waals surface area contributed by atoms with Gasteiger partial charge in [0.25, 0.3) is 0 Å². The highest BCUT2D eigenvalue weighted by Gasteiger charge is 2.40. The van der Waals surface area contributed by atoms with E-state index in [-0.39, 0.29) is 23.4 Å². The molecule has 6 heteroatoms. The maximum atomic E-state index is 12.6. The Hall–Kier alpha value is -2.60. The lowest BCUT2D eigenvalue weighted by Gasteiger charge is -2.15. The fraction of sp³-hybridized carbons (Fsp3) is 0.167. The normalized spacial score (nSPS) is 18.3. The molecule has 0 saturated carbocycles. The van der Waals surface area contributed by atoms with Crippen LogP contribution in [0.15, 0.2) is 59.6 Å². The summed E-state index contributed by atoms with van der Waals surface area (Å²) in [7, 11) is 0. The van der Waals surface area contributed by atoms with Gasteiger partial charge in [0.1, 0.15) is 5.25 Å². The minimum atomic E-state index is -0.537. The first-order valence-corrected chi connectivity index (χ1v) is 8.42. The van der Waals surface area contributed by atoms with Gasteiger partial charge in [0.15, 0.2) is 5.17 Å². The SMILES string of the molecule is Cc1cccc(N2C(=O)C[C@H](SC(N)=Nc3ccccc3)C2=O)c1. The summed E-state index contributed by atoms with van der Waals surface area (Å²) in [6, 6.07) is 16.6. The molecular weight excluding hydrogens is 322 g/mol. The number of nitrogens with zero attached hydrogens (tertiary/aromatic N) is 2. The second kappa shape index (κ2) is 6.88. The van der Waals surface area contributed by atoms with Crippen molar-refractivity contribution < 1.29 is 9.59 Å². The van der Waals surface area contributed by atoms with Gasteiger partial charge < -0.3 is 5.73 Å². The molecule has 0 aliphatic carbocycles. The lowest BCUT2D eigenvalue weighted by atomic mass is 10.2. The molecule has 0 aromatic heterocycles. The molecule has 5 nitrogen and oxygen atoms in total. The van der Waals surface area contributed by atoms with E-state index in [4.69, 9.17) is 5.73 Å². The highest BCUT2D eigenvalue weighted by molar-refractivity contribution is 8.15. The Labute approximate surface area is 144 Å². The van der Waals surface area contributed by atoms with E-state index in [1.54, 1.807) is 6.07 Å². The number of carbonyl (C=O) groups excluding carboxylic acids is 2. The van der Waals surface area contributed by atoms with Crippen molar-refractivity contribution in [3.63, 3.8) is 0 Å². The lowest BCUT2D eigenvalue weighted by molar-refractivity contribution is -0.121. The highest BCUT2D eigenvalue weighted by Crippen LogP contribution is 2.30. The predicted octanol–water partition coefficient (Wildman–Crippen LogP) is 3.01. The molecule has 1 heterocycles. The molecule has 1 fully saturated rings. The first kappa shape index (κ1) is 16.3. The number of imide groups is 1. The van der Waals surface area contributed by atoms with Crippen molar-refractivity contribution in [2.45, 2.75) is 18.6 Å². The highest BCUT2D eigenvalue weighted by atomic mass is 32.2. The number of anilines is 1. The molecular formula is C18H17N3O2S. The van der Waals surface area contributed by atoms with Crippen LogP contribution < -0.4 is 10.6 Å². The van der Waals surface area contributed by atoms with Gasteiger partial charge >= 0.3 is 0 Å². The second-order valence-electron chi connectivity index (χ2n) is 5.50. The number of aryl methyl sites for hydroxylation is 1. The maximum Gasteiger partial charge on any atom is 0.247 e. The van der Waals surface area contributed by atoms with Crippen molar-refractivity contribution in [2.24, 2.45) is 10.7 Å². The Kier molecular flexibility index (Phi) is 4.66. The van der Waals surface area contributed by atoms with Gasteiger partial charge in [-0.1, -0.05) is 42.1 Å². The number of hydrogen-bond acceptors (Lipinski definition) is 4. The van der Waals surface area contributed by atoms with Crippen LogP contribution in [0.3, 0.4) is 0 Å². The third-order valence-corrected chi connectivity index (χ3v) is 4.61. The molecule has 0 spiro atoms. The van der Waals surface area contributed by atoms with Crippen LogP contribution in [-0.4, -0.2) is 22.2 Å². The molecule has 3 rings (SSSR count). The van der Waals surface area contributed by atoms with Crippen molar-refractivity contribution in [1.29, 1.82) is 0 Å². The fourth-order valence-corrected chi connectivity index (χ4v) is 3.42. The zero-order valence-corrected chi connectivity index (χ0v) is 14.0. The van der Waals surface area contributed by atoms with Crippen molar-refractivity contribution in [2.75, 3.05) is 4.90 Å². The van der Waals surface area contributed by atoms with Gasteiger partial charge in [0.2, 0.25) is 11.8 Å². The van der Waals surface area contributed by atoms with Gasteiger partial charge in [-0.05, 0) is 36.8 Å². The minimum Gasteiger partial charge on any atom is -0.378 e. The van der Waals surface area contributed by atoms with Crippen molar-refractivity contribution in [3.8, 4) is 0 Å². The van der Waals surface area contributed by atoms with E-state index >= 15 is 0 Å². The van der Waals surface area contributed by atoms with Gasteiger partial charge in [0, 0.05) is 6.42 Å². The number of aliphatic imine (C=N–C) groups is 1. The monoisotopic (exact) mass is 339 g/mol. The number of amidine groups is 1. The number of para-hydroxylation sites is 1. The summed E-state index contributed by atoms with van der Waals surface area (Å²) in [5, 5.41) is -0.260. The molecule has 1 aliphatic rings. The summed E-state index contributed by atoms with van der Waals surface area (Å²) in [6.45, 7) is 1.92. The number of thioether (sulfide) groups is 1. The largest absolute Gasteiger partial charge is 0.378 e. The van der Waals surface area contributed by atoms with E-state index < -0.39 is 5.25 Å². The van der Waals surface area contributed by atoms with Crippen LogP contribution in [-0.2, 0) is 9.59 Å². The topological polar surface area (TPSA) is 75.8 Å². The third-order valence-electron chi connectivity index (χ3n) is 3.62. The lowest BCUT2D eigenvalue weighted by Crippen LogP contribution is -2.31. The first-order valence-electron chi connectivity index (χ1n) is 7.54. The Bertz CT molecular complexity index is 805.